The van der Waals surface area contributed by atoms with E-state index in [0.717, 1.165) is 197 Å². The Morgan fingerprint density at radius 3 is 1.14 bits per heavy atom. The van der Waals surface area contributed by atoms with E-state index in [1.165, 1.54) is 41.3 Å². The van der Waals surface area contributed by atoms with Crippen LogP contribution in [-0.2, 0) is 52.4 Å². The van der Waals surface area contributed by atoms with Gasteiger partial charge >= 0.3 is 0 Å². The highest BCUT2D eigenvalue weighted by molar-refractivity contribution is 6.19. The zero-order valence-electron chi connectivity index (χ0n) is 58.1. The molecule has 9 aromatic rings. The number of aliphatic imine (C=N–C) groups is 4. The number of Topliss-reactive ketones (excluding diaryl/α,β-unsaturated/α-hetero) is 4. The Bertz CT molecular complexity index is 4750. The standard InChI is InChI=1S/C22H21N5O.C19H21N5O.C19H23N5O.C18H21N5O/c23-11-20-18-10-15(6-7-17(18)22(28)13-24-20)19-12-25-27-9-8-26(14-21(19)27)16-4-2-1-3-5-16;20-8-17-15-7-12(1-4-14(15)19(25)10-21-17)16-9-22-24-6-5-23(11-18(16)24)13-2-3-13;1-12(2)23-5-6-24-18(11-23)16(9-22-24)13-3-4-14-15(7-13)17(8-20)21-10-19(14)25;1-2-22-5-6-23-17(11-22)15(9-21-23)12-3-4-13-14(7-12)16(8-19)20-10-18(13)24/h1-7,10,12H,8-9,11,13-14,23H2;1,4,7,9,13H,2-3,5-6,8,10-11,20H2;3-4,7,9,12H,5-6,8,10-11,20H2,1-2H3;3-4,7,9H,2,5-6,8,10-11,19H2,1H3. The number of para-hydroxylation sites is 1. The topological polar surface area (TPSA) is 306 Å². The van der Waals surface area contributed by atoms with Gasteiger partial charge < -0.3 is 27.8 Å². The summed E-state index contributed by atoms with van der Waals surface area (Å²) in [7, 11) is 0. The quantitative estimate of drug-likeness (QED) is 0.0954. The Morgan fingerprint density at radius 2 is 0.755 bits per heavy atom. The summed E-state index contributed by atoms with van der Waals surface area (Å²) in [5.41, 5.74) is 47.9. The lowest BCUT2D eigenvalue weighted by Crippen LogP contribution is -2.38. The molecule has 24 nitrogen and oxygen atoms in total. The van der Waals surface area contributed by atoms with E-state index in [1.54, 1.807) is 0 Å². The van der Waals surface area contributed by atoms with E-state index in [4.69, 9.17) is 22.9 Å². The van der Waals surface area contributed by atoms with E-state index in [2.05, 4.69) is 130 Å². The van der Waals surface area contributed by atoms with Crippen molar-refractivity contribution in [1.82, 2.24) is 53.8 Å². The third kappa shape index (κ3) is 13.3. The van der Waals surface area contributed by atoms with Gasteiger partial charge in [0.1, 0.15) is 26.2 Å². The molecule has 8 N–H and O–H groups in total. The van der Waals surface area contributed by atoms with Gasteiger partial charge in [0.05, 0.1) is 103 Å². The van der Waals surface area contributed by atoms with Crippen molar-refractivity contribution >= 4 is 51.7 Å². The van der Waals surface area contributed by atoms with Gasteiger partial charge in [0.15, 0.2) is 23.1 Å². The lowest BCUT2D eigenvalue weighted by atomic mass is 9.92. The highest BCUT2D eigenvalue weighted by Gasteiger charge is 2.34. The summed E-state index contributed by atoms with van der Waals surface area (Å²) in [6.45, 7) is 21.1. The number of carbonyl (C=O) groups excluding carboxylic acids is 4. The molecule has 12 heterocycles. The van der Waals surface area contributed by atoms with Gasteiger partial charge in [-0.15, -0.1) is 0 Å². The smallest absolute Gasteiger partial charge is 0.184 e. The molecule has 0 atom stereocenters. The van der Waals surface area contributed by atoms with Gasteiger partial charge in [-0.25, -0.2) is 0 Å². The normalized spacial score (nSPS) is 17.7. The first-order valence-electron chi connectivity index (χ1n) is 35.6. The van der Waals surface area contributed by atoms with Crippen LogP contribution in [-0.4, -0.2) is 197 Å². The summed E-state index contributed by atoms with van der Waals surface area (Å²) < 4.78 is 8.38. The SMILES string of the molecule is CC(C)N1CCn2ncc(-c3ccc4c(c3)C(CN)=NCC4=O)c2C1.CCN1CCn2ncc(-c3ccc4c(c3)C(CN)=NCC4=O)c2C1.NCC1=NCC(=O)c2ccc(-c3cnn4c3CN(C3CC3)CC4)cc21.NCC1=NCC(=O)c2ccc(-c3cnn4c3CN(c3ccccc3)CC4)cc21. The minimum absolute atomic E-state index is 0.0473. The number of likely N-dealkylation sites (N-methyl/N-ethyl adjacent to an activating group) is 1. The number of anilines is 1. The number of ketones is 4. The molecule has 9 aliphatic rings. The first-order valence-corrected chi connectivity index (χ1v) is 35.6. The molecule has 18 rings (SSSR count). The van der Waals surface area contributed by atoms with Gasteiger partial charge in [0.25, 0.3) is 0 Å². The molecule has 8 aliphatic heterocycles. The molecule has 0 amide bonds. The Morgan fingerprint density at radius 1 is 0.392 bits per heavy atom. The molecule has 5 aromatic carbocycles. The number of benzene rings is 5. The monoisotopic (exact) mass is 1370 g/mol. The lowest BCUT2D eigenvalue weighted by Gasteiger charge is -2.31. The molecule has 1 fully saturated rings. The lowest BCUT2D eigenvalue weighted by molar-refractivity contribution is 0.0992. The first-order chi connectivity index (χ1) is 49.8. The van der Waals surface area contributed by atoms with Crippen molar-refractivity contribution < 1.29 is 19.2 Å². The van der Waals surface area contributed by atoms with Crippen LogP contribution >= 0.6 is 0 Å². The maximum atomic E-state index is 12.2. The van der Waals surface area contributed by atoms with E-state index >= 15 is 0 Å². The Hall–Kier alpha value is -10.2. The number of fused-ring (bicyclic) bond motifs is 8. The summed E-state index contributed by atoms with van der Waals surface area (Å²) in [5.74, 6) is 0.228. The minimum atomic E-state index is 0.0473. The van der Waals surface area contributed by atoms with Crippen LogP contribution in [0.4, 0.5) is 5.69 Å². The molecule has 0 spiro atoms. The molecule has 4 aromatic heterocycles. The van der Waals surface area contributed by atoms with Gasteiger partial charge in [-0.05, 0) is 91.9 Å². The summed E-state index contributed by atoms with van der Waals surface area (Å²) in [4.78, 5) is 75.7. The maximum Gasteiger partial charge on any atom is 0.184 e. The van der Waals surface area contributed by atoms with Crippen LogP contribution in [0, 0.1) is 0 Å². The fourth-order valence-electron chi connectivity index (χ4n) is 15.2. The average Bonchev–Trinajstić information content (AvgIpc) is 1.55. The first kappa shape index (κ1) is 67.6. The van der Waals surface area contributed by atoms with Crippen LogP contribution in [0.5, 0.6) is 0 Å². The number of rotatable bonds is 12. The second-order valence-corrected chi connectivity index (χ2v) is 27.4. The van der Waals surface area contributed by atoms with Crippen molar-refractivity contribution in [3.63, 3.8) is 0 Å². The maximum absolute atomic E-state index is 12.2. The molecular formula is C78H86N20O4. The average molecular weight is 1370 g/mol. The predicted octanol–water partition coefficient (Wildman–Crippen LogP) is 7.03. The Labute approximate surface area is 592 Å². The highest BCUT2D eigenvalue weighted by atomic mass is 16.1. The zero-order chi connectivity index (χ0) is 70.3. The molecule has 522 valence electrons. The molecular weight excluding hydrogens is 1280 g/mol. The third-order valence-corrected chi connectivity index (χ3v) is 21.2. The largest absolute Gasteiger partial charge is 0.364 e. The molecule has 24 heteroatoms. The van der Waals surface area contributed by atoms with Gasteiger partial charge in [-0.3, -0.25) is 72.6 Å². The number of aromatic nitrogens is 8. The molecule has 0 saturated heterocycles. The Kier molecular flexibility index (Phi) is 19.3. The van der Waals surface area contributed by atoms with E-state index in [0.29, 0.717) is 37.8 Å². The highest BCUT2D eigenvalue weighted by Crippen LogP contribution is 2.37. The van der Waals surface area contributed by atoms with Crippen LogP contribution in [0.1, 0.15) is 120 Å². The predicted molar refractivity (Wildman–Crippen MR) is 397 cm³/mol. The molecule has 0 bridgehead atoms. The number of hydrogen-bond donors (Lipinski definition) is 4. The molecule has 1 aliphatic carbocycles. The van der Waals surface area contributed by atoms with Crippen molar-refractivity contribution in [3.05, 3.63) is 195 Å². The summed E-state index contributed by atoms with van der Waals surface area (Å²) in [6.07, 6.45) is 10.4. The van der Waals surface area contributed by atoms with Crippen molar-refractivity contribution in [3.8, 4) is 44.5 Å². The van der Waals surface area contributed by atoms with Crippen molar-refractivity contribution in [2.24, 2.45) is 42.9 Å². The summed E-state index contributed by atoms with van der Waals surface area (Å²) in [6, 6.07) is 35.6. The second-order valence-electron chi connectivity index (χ2n) is 27.4. The van der Waals surface area contributed by atoms with E-state index in [9.17, 15) is 19.2 Å². The van der Waals surface area contributed by atoms with E-state index in [-0.39, 0.29) is 49.3 Å². The fraction of sp³-hybridized carbons (Fsp3) is 0.359. The summed E-state index contributed by atoms with van der Waals surface area (Å²) >= 11 is 0. The van der Waals surface area contributed by atoms with Gasteiger partial charge in [0.2, 0.25) is 0 Å². The van der Waals surface area contributed by atoms with Gasteiger partial charge in [-0.1, -0.05) is 73.7 Å². The van der Waals surface area contributed by atoms with Crippen LogP contribution in [0.2, 0.25) is 0 Å². The number of nitrogens with two attached hydrogens (primary N) is 4. The molecule has 1 saturated carbocycles. The third-order valence-electron chi connectivity index (χ3n) is 21.2. The van der Waals surface area contributed by atoms with Crippen LogP contribution < -0.4 is 27.8 Å². The van der Waals surface area contributed by atoms with E-state index in [1.807, 2.05) is 97.6 Å². The summed E-state index contributed by atoms with van der Waals surface area (Å²) in [5, 5.41) is 18.3. The molecule has 0 unspecified atom stereocenters. The Balaban J connectivity index is 0.000000110. The molecule has 102 heavy (non-hydrogen) atoms. The van der Waals surface area contributed by atoms with Gasteiger partial charge in [-0.2, -0.15) is 20.4 Å². The molecule has 0 radical (unpaired) electrons. The minimum Gasteiger partial charge on any atom is -0.364 e. The van der Waals surface area contributed by atoms with Crippen LogP contribution in [0.15, 0.2) is 148 Å². The van der Waals surface area contributed by atoms with Crippen molar-refractivity contribution in [2.45, 2.75) is 98.1 Å². The van der Waals surface area contributed by atoms with E-state index < -0.39 is 0 Å². The zero-order valence-corrected chi connectivity index (χ0v) is 58.1. The number of hydrogen-bond acceptors (Lipinski definition) is 20. The van der Waals surface area contributed by atoms with Crippen molar-refractivity contribution in [1.29, 1.82) is 0 Å². The number of carbonyl (C=O) groups is 4. The van der Waals surface area contributed by atoms with Crippen LogP contribution in [0.25, 0.3) is 44.5 Å². The number of nitrogens with zero attached hydrogens (tertiary/aromatic N) is 16. The van der Waals surface area contributed by atoms with Crippen molar-refractivity contribution in [2.75, 3.05) is 90.0 Å². The van der Waals surface area contributed by atoms with Gasteiger partial charge in [0, 0.05) is 157 Å². The van der Waals surface area contributed by atoms with Crippen LogP contribution in [0.3, 0.4) is 0 Å². The second kappa shape index (κ2) is 29.0. The fourth-order valence-corrected chi connectivity index (χ4v) is 15.2.